The Balaban J connectivity index is 2.00. The summed E-state index contributed by atoms with van der Waals surface area (Å²) in [5.41, 5.74) is 0. The fraction of sp³-hybridized carbons (Fsp3) is 0.857. The van der Waals surface area contributed by atoms with Gasteiger partial charge in [0.1, 0.15) is 0 Å². The van der Waals surface area contributed by atoms with Crippen LogP contribution in [0.3, 0.4) is 0 Å². The van der Waals surface area contributed by atoms with Gasteiger partial charge in [0.15, 0.2) is 0 Å². The molecule has 0 saturated carbocycles. The zero-order chi connectivity index (χ0) is 5.66. The van der Waals surface area contributed by atoms with E-state index in [0.29, 0.717) is 0 Å². The molecule has 0 atom stereocenters. The maximum atomic E-state index is 3.26. The molecule has 1 saturated heterocycles. The van der Waals surface area contributed by atoms with E-state index in [0.717, 1.165) is 0 Å². The van der Waals surface area contributed by atoms with E-state index in [1.807, 2.05) is 0 Å². The van der Waals surface area contributed by atoms with E-state index in [1.54, 1.807) is 0 Å². The maximum absolute atomic E-state index is 3.26. The summed E-state index contributed by atoms with van der Waals surface area (Å²) in [5.74, 6) is 0. The first-order valence-corrected chi connectivity index (χ1v) is 3.55. The zero-order valence-corrected chi connectivity index (χ0v) is 5.32. The van der Waals surface area contributed by atoms with Gasteiger partial charge < -0.3 is 5.32 Å². The molecule has 1 heterocycles. The molecule has 0 aliphatic carbocycles. The third kappa shape index (κ3) is 2.31. The minimum atomic E-state index is 1.19. The molecule has 1 heteroatoms. The number of hydrogen-bond acceptors (Lipinski definition) is 1. The van der Waals surface area contributed by atoms with E-state index in [4.69, 9.17) is 0 Å². The third-order valence-corrected chi connectivity index (χ3v) is 1.56. The zero-order valence-electron chi connectivity index (χ0n) is 5.32. The van der Waals surface area contributed by atoms with E-state index in [9.17, 15) is 0 Å². The summed E-state index contributed by atoms with van der Waals surface area (Å²) in [6, 6.07) is 0. The lowest BCUT2D eigenvalue weighted by molar-refractivity contribution is 0.558. The van der Waals surface area contributed by atoms with Crippen molar-refractivity contribution in [2.24, 2.45) is 0 Å². The van der Waals surface area contributed by atoms with Crippen molar-refractivity contribution in [3.63, 3.8) is 0 Å². The molecule has 0 aromatic heterocycles. The first-order chi connectivity index (χ1) is 4.00. The fourth-order valence-corrected chi connectivity index (χ4v) is 1.03. The molecule has 0 bridgehead atoms. The van der Waals surface area contributed by atoms with Gasteiger partial charge in [0.05, 0.1) is 0 Å². The van der Waals surface area contributed by atoms with Crippen molar-refractivity contribution in [3.8, 4) is 0 Å². The molecule has 0 aromatic carbocycles. The average Bonchev–Trinajstić information content (AvgIpc) is 1.62. The van der Waals surface area contributed by atoms with Crippen molar-refractivity contribution in [1.82, 2.24) is 5.32 Å². The highest BCUT2D eigenvalue weighted by Crippen LogP contribution is 2.05. The second kappa shape index (κ2) is 3.90. The monoisotopic (exact) mass is 112 g/mol. The highest BCUT2D eigenvalue weighted by molar-refractivity contribution is 4.64. The maximum Gasteiger partial charge on any atom is 0.0221 e. The summed E-state index contributed by atoms with van der Waals surface area (Å²) in [6.07, 6.45) is 6.85. The Morgan fingerprint density at radius 1 is 1.00 bits per heavy atom. The van der Waals surface area contributed by atoms with Gasteiger partial charge in [-0.15, -0.1) is 0 Å². The quantitative estimate of drug-likeness (QED) is 0.503. The van der Waals surface area contributed by atoms with Gasteiger partial charge >= 0.3 is 0 Å². The smallest absolute Gasteiger partial charge is 0.0221 e. The molecule has 0 amide bonds. The van der Waals surface area contributed by atoms with Crippen molar-refractivity contribution in [2.75, 3.05) is 6.54 Å². The minimum absolute atomic E-state index is 1.19. The molecule has 1 aliphatic heterocycles. The van der Waals surface area contributed by atoms with Crippen LogP contribution in [0.15, 0.2) is 0 Å². The lowest BCUT2D eigenvalue weighted by Crippen LogP contribution is -2.13. The van der Waals surface area contributed by atoms with Crippen LogP contribution in [0.5, 0.6) is 0 Å². The molecule has 0 aromatic rings. The number of nitrogens with one attached hydrogen (secondary N) is 1. The summed E-state index contributed by atoms with van der Waals surface area (Å²) in [7, 11) is 0. The van der Waals surface area contributed by atoms with Gasteiger partial charge in [-0.25, -0.2) is 0 Å². The fourth-order valence-electron chi connectivity index (χ4n) is 1.03. The van der Waals surface area contributed by atoms with Gasteiger partial charge in [0.25, 0.3) is 0 Å². The van der Waals surface area contributed by atoms with Gasteiger partial charge in [-0.05, 0) is 19.4 Å². The largest absolute Gasteiger partial charge is 0.312 e. The van der Waals surface area contributed by atoms with E-state index >= 15 is 0 Å². The lowest BCUT2D eigenvalue weighted by atomic mass is 10.1. The van der Waals surface area contributed by atoms with Gasteiger partial charge in [-0.2, -0.15) is 0 Å². The predicted octanol–water partition coefficient (Wildman–Crippen LogP) is 1.70. The summed E-state index contributed by atoms with van der Waals surface area (Å²) >= 11 is 0. The molecular formula is C7H14N. The van der Waals surface area contributed by atoms with Crippen LogP contribution < -0.4 is 5.32 Å². The van der Waals surface area contributed by atoms with Crippen LogP contribution in [0.1, 0.15) is 32.1 Å². The Labute approximate surface area is 51.5 Å². The van der Waals surface area contributed by atoms with Crippen LogP contribution in [-0.4, -0.2) is 6.54 Å². The molecule has 1 aliphatic rings. The molecule has 8 heavy (non-hydrogen) atoms. The summed E-state index contributed by atoms with van der Waals surface area (Å²) in [4.78, 5) is 0. The van der Waals surface area contributed by atoms with Crippen LogP contribution in [0.4, 0.5) is 0 Å². The highest BCUT2D eigenvalue weighted by Gasteiger charge is 1.94. The Hall–Kier alpha value is -0.0400. The normalized spacial score (nSPS) is 24.0. The lowest BCUT2D eigenvalue weighted by Gasteiger charge is -2.07. The SMILES string of the molecule is [CH]1CCCCCCN1. The van der Waals surface area contributed by atoms with Crippen molar-refractivity contribution in [2.45, 2.75) is 32.1 Å². The molecular weight excluding hydrogens is 98.1 g/mol. The standard InChI is InChI=1S/C7H14N/c1-2-4-6-8-7-5-3-1/h6,8H,1-5,7H2. The van der Waals surface area contributed by atoms with Crippen LogP contribution in [0.2, 0.25) is 0 Å². The summed E-state index contributed by atoms with van der Waals surface area (Å²) < 4.78 is 0. The second-order valence-corrected chi connectivity index (χ2v) is 2.36. The molecule has 1 N–H and O–H groups in total. The van der Waals surface area contributed by atoms with E-state index in [2.05, 4.69) is 11.9 Å². The van der Waals surface area contributed by atoms with Crippen LogP contribution in [0, 0.1) is 6.54 Å². The van der Waals surface area contributed by atoms with Crippen molar-refractivity contribution in [1.29, 1.82) is 0 Å². The Morgan fingerprint density at radius 2 is 1.88 bits per heavy atom. The molecule has 1 radical (unpaired) electrons. The molecule has 0 unspecified atom stereocenters. The minimum Gasteiger partial charge on any atom is -0.312 e. The molecule has 0 spiro atoms. The molecule has 47 valence electrons. The topological polar surface area (TPSA) is 12.0 Å². The first kappa shape index (κ1) is 6.09. The van der Waals surface area contributed by atoms with Gasteiger partial charge in [0, 0.05) is 6.54 Å². The van der Waals surface area contributed by atoms with E-state index in [-0.39, 0.29) is 0 Å². The Bertz CT molecular complexity index is 28.3. The van der Waals surface area contributed by atoms with Crippen molar-refractivity contribution < 1.29 is 0 Å². The number of rotatable bonds is 0. The summed E-state index contributed by atoms with van der Waals surface area (Å²) in [6.45, 7) is 3.39. The highest BCUT2D eigenvalue weighted by atomic mass is 14.8. The Morgan fingerprint density at radius 3 is 2.88 bits per heavy atom. The van der Waals surface area contributed by atoms with Gasteiger partial charge in [-0.3, -0.25) is 0 Å². The van der Waals surface area contributed by atoms with Gasteiger partial charge in [0.2, 0.25) is 0 Å². The van der Waals surface area contributed by atoms with Crippen LogP contribution >= 0.6 is 0 Å². The molecule has 1 nitrogen and oxygen atoms in total. The summed E-state index contributed by atoms with van der Waals surface area (Å²) in [5, 5.41) is 3.26. The molecule has 1 fully saturated rings. The van der Waals surface area contributed by atoms with Crippen LogP contribution in [0.25, 0.3) is 0 Å². The first-order valence-electron chi connectivity index (χ1n) is 3.55. The van der Waals surface area contributed by atoms with Crippen molar-refractivity contribution in [3.05, 3.63) is 6.54 Å². The van der Waals surface area contributed by atoms with Crippen LogP contribution in [-0.2, 0) is 0 Å². The van der Waals surface area contributed by atoms with E-state index in [1.165, 1.54) is 38.6 Å². The average molecular weight is 112 g/mol. The second-order valence-electron chi connectivity index (χ2n) is 2.36. The predicted molar refractivity (Wildman–Crippen MR) is 35.4 cm³/mol. The molecule has 1 rings (SSSR count). The van der Waals surface area contributed by atoms with E-state index < -0.39 is 0 Å². The Kier molecular flexibility index (Phi) is 2.97. The number of hydrogen-bond donors (Lipinski definition) is 1. The van der Waals surface area contributed by atoms with Gasteiger partial charge in [-0.1, -0.05) is 19.3 Å². The third-order valence-electron chi connectivity index (χ3n) is 1.56. The van der Waals surface area contributed by atoms with Crippen molar-refractivity contribution >= 4 is 0 Å².